The molecule has 0 saturated carbocycles. The highest BCUT2D eigenvalue weighted by Crippen LogP contribution is 2.26. The van der Waals surface area contributed by atoms with Gasteiger partial charge in [0.1, 0.15) is 0 Å². The van der Waals surface area contributed by atoms with Crippen LogP contribution in [0.4, 0.5) is 11.4 Å². The summed E-state index contributed by atoms with van der Waals surface area (Å²) >= 11 is 0. The lowest BCUT2D eigenvalue weighted by Gasteiger charge is -2.05. The SMILES string of the molecule is CCOC(=O)c1ccc(NC(=O)C(=O)NN=Cc2ccc(OC)c([N+](=O)[O-])c2)cc1. The Balaban J connectivity index is 1.95. The smallest absolute Gasteiger partial charge is 0.338 e. The van der Waals surface area contributed by atoms with Gasteiger partial charge in [-0.05, 0) is 43.3 Å². The first-order chi connectivity index (χ1) is 14.3. The first kappa shape index (κ1) is 22.0. The molecule has 0 spiro atoms. The number of ether oxygens (including phenoxy) is 2. The van der Waals surface area contributed by atoms with Gasteiger partial charge in [0.2, 0.25) is 0 Å². The monoisotopic (exact) mass is 414 g/mol. The van der Waals surface area contributed by atoms with Gasteiger partial charge in [0.25, 0.3) is 0 Å². The summed E-state index contributed by atoms with van der Waals surface area (Å²) in [6, 6.07) is 9.86. The van der Waals surface area contributed by atoms with Gasteiger partial charge >= 0.3 is 23.5 Å². The molecule has 2 rings (SSSR count). The molecule has 30 heavy (non-hydrogen) atoms. The predicted octanol–water partition coefficient (Wildman–Crippen LogP) is 1.87. The third-order valence-electron chi connectivity index (χ3n) is 3.64. The van der Waals surface area contributed by atoms with Crippen molar-refractivity contribution in [2.75, 3.05) is 19.0 Å². The summed E-state index contributed by atoms with van der Waals surface area (Å²) in [4.78, 5) is 45.7. The second-order valence-electron chi connectivity index (χ2n) is 5.64. The molecule has 2 aromatic rings. The summed E-state index contributed by atoms with van der Waals surface area (Å²) in [5, 5.41) is 17.0. The van der Waals surface area contributed by atoms with E-state index < -0.39 is 22.7 Å². The van der Waals surface area contributed by atoms with E-state index in [4.69, 9.17) is 9.47 Å². The standard InChI is InChI=1S/C19H18N4O7/c1-3-30-19(26)13-5-7-14(8-6-13)21-17(24)18(25)22-20-11-12-4-9-16(29-2)15(10-12)23(27)28/h4-11H,3H2,1-2H3,(H,21,24)(H,22,25). The molecule has 0 unspecified atom stereocenters. The third kappa shape index (κ3) is 5.86. The minimum absolute atomic E-state index is 0.0783. The quantitative estimate of drug-likeness (QED) is 0.231. The Morgan fingerprint density at radius 2 is 1.83 bits per heavy atom. The normalized spacial score (nSPS) is 10.3. The molecule has 156 valence electrons. The Kier molecular flexibility index (Phi) is 7.57. The largest absolute Gasteiger partial charge is 0.490 e. The fourth-order valence-electron chi connectivity index (χ4n) is 2.24. The van der Waals surface area contributed by atoms with Gasteiger partial charge in [-0.3, -0.25) is 19.7 Å². The van der Waals surface area contributed by atoms with E-state index in [1.807, 2.05) is 5.43 Å². The molecule has 0 radical (unpaired) electrons. The number of amides is 2. The summed E-state index contributed by atoms with van der Waals surface area (Å²) in [5.41, 5.74) is 2.66. The third-order valence-corrected chi connectivity index (χ3v) is 3.64. The topological polar surface area (TPSA) is 149 Å². The summed E-state index contributed by atoms with van der Waals surface area (Å²) < 4.78 is 9.74. The molecular formula is C19H18N4O7. The number of methoxy groups -OCH3 is 1. The summed E-state index contributed by atoms with van der Waals surface area (Å²) in [7, 11) is 1.30. The first-order valence-corrected chi connectivity index (χ1v) is 8.59. The zero-order valence-corrected chi connectivity index (χ0v) is 16.1. The molecule has 0 aromatic heterocycles. The van der Waals surface area contributed by atoms with E-state index in [1.54, 1.807) is 6.92 Å². The van der Waals surface area contributed by atoms with Crippen molar-refractivity contribution in [3.8, 4) is 5.75 Å². The van der Waals surface area contributed by atoms with Gasteiger partial charge in [-0.25, -0.2) is 10.2 Å². The number of esters is 1. The molecule has 2 aromatic carbocycles. The second-order valence-corrected chi connectivity index (χ2v) is 5.64. The van der Waals surface area contributed by atoms with Crippen LogP contribution in [-0.2, 0) is 14.3 Å². The van der Waals surface area contributed by atoms with Crippen LogP contribution in [0.15, 0.2) is 47.6 Å². The van der Waals surface area contributed by atoms with Crippen LogP contribution in [0.25, 0.3) is 0 Å². The minimum atomic E-state index is -1.05. The highest BCUT2D eigenvalue weighted by molar-refractivity contribution is 6.39. The summed E-state index contributed by atoms with van der Waals surface area (Å²) in [6.45, 7) is 1.92. The second kappa shape index (κ2) is 10.3. The number of carbonyl (C=O) groups is 3. The average Bonchev–Trinajstić information content (AvgIpc) is 2.74. The van der Waals surface area contributed by atoms with Crippen molar-refractivity contribution < 1.29 is 28.8 Å². The van der Waals surface area contributed by atoms with Gasteiger partial charge in [-0.1, -0.05) is 0 Å². The van der Waals surface area contributed by atoms with E-state index in [9.17, 15) is 24.5 Å². The maximum absolute atomic E-state index is 11.9. The fourth-order valence-corrected chi connectivity index (χ4v) is 2.24. The molecule has 2 N–H and O–H groups in total. The van der Waals surface area contributed by atoms with Crippen LogP contribution < -0.4 is 15.5 Å². The van der Waals surface area contributed by atoms with E-state index in [2.05, 4.69) is 10.4 Å². The molecule has 2 amide bonds. The number of nitrogens with one attached hydrogen (secondary N) is 2. The van der Waals surface area contributed by atoms with Gasteiger partial charge < -0.3 is 14.8 Å². The fraction of sp³-hybridized carbons (Fsp3) is 0.158. The van der Waals surface area contributed by atoms with E-state index in [-0.39, 0.29) is 23.7 Å². The highest BCUT2D eigenvalue weighted by atomic mass is 16.6. The van der Waals surface area contributed by atoms with Gasteiger partial charge in [-0.15, -0.1) is 0 Å². The lowest BCUT2D eigenvalue weighted by molar-refractivity contribution is -0.385. The number of hydrogen-bond acceptors (Lipinski definition) is 8. The van der Waals surface area contributed by atoms with E-state index in [0.29, 0.717) is 11.1 Å². The molecule has 11 heteroatoms. The number of nitro groups is 1. The van der Waals surface area contributed by atoms with Gasteiger partial charge in [0, 0.05) is 17.3 Å². The van der Waals surface area contributed by atoms with Crippen LogP contribution >= 0.6 is 0 Å². The molecule has 0 saturated heterocycles. The van der Waals surface area contributed by atoms with Crippen molar-refractivity contribution in [2.45, 2.75) is 6.92 Å². The Morgan fingerprint density at radius 1 is 1.13 bits per heavy atom. The Bertz CT molecular complexity index is 987. The number of rotatable bonds is 7. The van der Waals surface area contributed by atoms with Crippen LogP contribution in [0.5, 0.6) is 5.75 Å². The number of hydrogen-bond donors (Lipinski definition) is 2. The predicted molar refractivity (Wildman–Crippen MR) is 106 cm³/mol. The van der Waals surface area contributed by atoms with E-state index in [1.165, 1.54) is 49.6 Å². The van der Waals surface area contributed by atoms with Gasteiger partial charge in [0.05, 0.1) is 30.4 Å². The number of carbonyl (C=O) groups excluding carboxylic acids is 3. The number of nitro benzene ring substituents is 1. The van der Waals surface area contributed by atoms with Crippen molar-refractivity contribution in [3.05, 3.63) is 63.7 Å². The van der Waals surface area contributed by atoms with Crippen molar-refractivity contribution in [1.82, 2.24) is 5.43 Å². The van der Waals surface area contributed by atoms with Crippen LogP contribution in [0.3, 0.4) is 0 Å². The molecule has 0 fully saturated rings. The lowest BCUT2D eigenvalue weighted by Crippen LogP contribution is -2.32. The Morgan fingerprint density at radius 3 is 2.43 bits per heavy atom. The number of anilines is 1. The molecule has 0 atom stereocenters. The molecule has 0 aliphatic rings. The number of hydrazone groups is 1. The molecule has 11 nitrogen and oxygen atoms in total. The van der Waals surface area contributed by atoms with Crippen LogP contribution in [0.2, 0.25) is 0 Å². The van der Waals surface area contributed by atoms with Gasteiger partial charge in [0.15, 0.2) is 5.75 Å². The zero-order valence-electron chi connectivity index (χ0n) is 16.1. The van der Waals surface area contributed by atoms with E-state index in [0.717, 1.165) is 6.21 Å². The Hall–Kier alpha value is -4.28. The molecule has 0 heterocycles. The number of benzene rings is 2. The van der Waals surface area contributed by atoms with Gasteiger partial charge in [-0.2, -0.15) is 5.10 Å². The lowest BCUT2D eigenvalue weighted by atomic mass is 10.2. The van der Waals surface area contributed by atoms with Crippen molar-refractivity contribution in [1.29, 1.82) is 0 Å². The maximum Gasteiger partial charge on any atom is 0.338 e. The Labute approximate surface area is 170 Å². The number of nitrogens with zero attached hydrogens (tertiary/aromatic N) is 2. The van der Waals surface area contributed by atoms with Crippen molar-refractivity contribution >= 4 is 35.4 Å². The minimum Gasteiger partial charge on any atom is -0.490 e. The van der Waals surface area contributed by atoms with Crippen LogP contribution in [0.1, 0.15) is 22.8 Å². The first-order valence-electron chi connectivity index (χ1n) is 8.59. The average molecular weight is 414 g/mol. The summed E-state index contributed by atoms with van der Waals surface area (Å²) in [6.07, 6.45) is 1.14. The highest BCUT2D eigenvalue weighted by Gasteiger charge is 2.15. The summed E-state index contributed by atoms with van der Waals surface area (Å²) in [5.74, 6) is -2.46. The van der Waals surface area contributed by atoms with Crippen LogP contribution in [0, 0.1) is 10.1 Å². The van der Waals surface area contributed by atoms with Crippen molar-refractivity contribution in [2.24, 2.45) is 5.10 Å². The van der Waals surface area contributed by atoms with Crippen LogP contribution in [-0.4, -0.2) is 42.6 Å². The zero-order chi connectivity index (χ0) is 22.1. The molecule has 0 aliphatic heterocycles. The maximum atomic E-state index is 11.9. The molecule has 0 aliphatic carbocycles. The van der Waals surface area contributed by atoms with E-state index >= 15 is 0 Å². The van der Waals surface area contributed by atoms with Crippen molar-refractivity contribution in [3.63, 3.8) is 0 Å². The molecule has 0 bridgehead atoms. The molecular weight excluding hydrogens is 396 g/mol.